The van der Waals surface area contributed by atoms with E-state index in [1.54, 1.807) is 18.4 Å². The van der Waals surface area contributed by atoms with Gasteiger partial charge >= 0.3 is 0 Å². The molecular weight excluding hydrogens is 322 g/mol. The lowest BCUT2D eigenvalue weighted by Crippen LogP contribution is -2.27. The Bertz CT molecular complexity index is 904. The second-order valence-corrected chi connectivity index (χ2v) is 6.74. The van der Waals surface area contributed by atoms with Crippen LogP contribution >= 0.6 is 11.3 Å². The zero-order valence-electron chi connectivity index (χ0n) is 14.1. The third kappa shape index (κ3) is 3.23. The summed E-state index contributed by atoms with van der Waals surface area (Å²) in [6.07, 6.45) is 0. The summed E-state index contributed by atoms with van der Waals surface area (Å²) in [4.78, 5) is 21.7. The van der Waals surface area contributed by atoms with Gasteiger partial charge in [-0.1, -0.05) is 0 Å². The lowest BCUT2D eigenvalue weighted by Gasteiger charge is -2.14. The first kappa shape index (κ1) is 16.4. The summed E-state index contributed by atoms with van der Waals surface area (Å²) in [6, 6.07) is 7.20. The second-order valence-electron chi connectivity index (χ2n) is 5.68. The topological polar surface area (TPSA) is 64.1 Å². The smallest absolute Gasteiger partial charge is 0.252 e. The van der Waals surface area contributed by atoms with Crippen LogP contribution in [0.3, 0.4) is 0 Å². The number of hydrogen-bond donors (Lipinski definition) is 1. The molecule has 124 valence electrons. The van der Waals surface area contributed by atoms with Crippen LogP contribution in [0.25, 0.3) is 10.9 Å². The van der Waals surface area contributed by atoms with Crippen LogP contribution in [0.1, 0.15) is 39.7 Å². The summed E-state index contributed by atoms with van der Waals surface area (Å²) >= 11 is 1.58. The number of hydrogen-bond acceptors (Lipinski definition) is 5. The van der Waals surface area contributed by atoms with E-state index in [1.807, 2.05) is 50.4 Å². The van der Waals surface area contributed by atoms with Crippen LogP contribution in [0.5, 0.6) is 5.75 Å². The molecule has 5 nitrogen and oxygen atoms in total. The van der Waals surface area contributed by atoms with E-state index in [4.69, 9.17) is 4.74 Å². The summed E-state index contributed by atoms with van der Waals surface area (Å²) in [6.45, 7) is 5.77. The van der Waals surface area contributed by atoms with Gasteiger partial charge in [-0.15, -0.1) is 11.3 Å². The Morgan fingerprint density at radius 1 is 1.25 bits per heavy atom. The number of thiazole rings is 1. The van der Waals surface area contributed by atoms with Crippen LogP contribution < -0.4 is 10.1 Å². The minimum absolute atomic E-state index is 0.131. The fraction of sp³-hybridized carbons (Fsp3) is 0.278. The highest BCUT2D eigenvalue weighted by Crippen LogP contribution is 2.24. The molecule has 0 unspecified atom stereocenters. The highest BCUT2D eigenvalue weighted by molar-refractivity contribution is 7.09. The molecule has 2 heterocycles. The molecule has 3 rings (SSSR count). The molecule has 0 aliphatic heterocycles. The van der Waals surface area contributed by atoms with Crippen LogP contribution in [0.15, 0.2) is 29.6 Å². The lowest BCUT2D eigenvalue weighted by molar-refractivity contribution is 0.0940. The van der Waals surface area contributed by atoms with Gasteiger partial charge in [0.1, 0.15) is 5.75 Å². The summed E-state index contributed by atoms with van der Waals surface area (Å²) in [5.41, 5.74) is 3.02. The number of carbonyl (C=O) groups is 1. The summed E-state index contributed by atoms with van der Waals surface area (Å²) in [7, 11) is 1.61. The van der Waals surface area contributed by atoms with Crippen LogP contribution in [0, 0.1) is 13.8 Å². The molecule has 1 amide bonds. The van der Waals surface area contributed by atoms with Crippen LogP contribution in [-0.2, 0) is 0 Å². The number of fused-ring (bicyclic) bond motifs is 1. The Morgan fingerprint density at radius 3 is 2.71 bits per heavy atom. The van der Waals surface area contributed by atoms with Crippen molar-refractivity contribution in [3.05, 3.63) is 51.6 Å². The third-order valence-electron chi connectivity index (χ3n) is 3.82. The average Bonchev–Trinajstić information content (AvgIpc) is 2.99. The maximum Gasteiger partial charge on any atom is 0.252 e. The van der Waals surface area contributed by atoms with E-state index in [0.717, 1.165) is 33.0 Å². The highest BCUT2D eigenvalue weighted by Gasteiger charge is 2.17. The first-order chi connectivity index (χ1) is 11.5. The van der Waals surface area contributed by atoms with E-state index in [2.05, 4.69) is 15.3 Å². The van der Waals surface area contributed by atoms with E-state index in [-0.39, 0.29) is 11.9 Å². The largest absolute Gasteiger partial charge is 0.497 e. The van der Waals surface area contributed by atoms with Crippen molar-refractivity contribution in [2.24, 2.45) is 0 Å². The van der Waals surface area contributed by atoms with Crippen molar-refractivity contribution >= 4 is 28.1 Å². The number of amides is 1. The average molecular weight is 341 g/mol. The minimum atomic E-state index is -0.149. The first-order valence-corrected chi connectivity index (χ1v) is 8.54. The van der Waals surface area contributed by atoms with E-state index >= 15 is 0 Å². The molecule has 0 saturated heterocycles. The Labute approximate surface area is 144 Å². The number of aryl methyl sites for hydroxylation is 2. The number of methoxy groups -OCH3 is 1. The van der Waals surface area contributed by atoms with Gasteiger partial charge in [-0.2, -0.15) is 0 Å². The van der Waals surface area contributed by atoms with Gasteiger partial charge in [-0.3, -0.25) is 9.78 Å². The number of carbonyl (C=O) groups excluding carboxylic acids is 1. The molecule has 1 aromatic carbocycles. The molecule has 0 aliphatic carbocycles. The van der Waals surface area contributed by atoms with E-state index in [1.165, 1.54) is 0 Å². The number of nitrogens with one attached hydrogen (secondary N) is 1. The maximum atomic E-state index is 12.8. The number of aromatic nitrogens is 2. The predicted octanol–water partition coefficient (Wildman–Crippen LogP) is 3.81. The molecule has 1 N–H and O–H groups in total. The van der Waals surface area contributed by atoms with Crippen LogP contribution in [0.2, 0.25) is 0 Å². The first-order valence-electron chi connectivity index (χ1n) is 7.66. The molecule has 0 bridgehead atoms. The molecule has 24 heavy (non-hydrogen) atoms. The molecule has 0 aliphatic rings. The number of pyridine rings is 1. The van der Waals surface area contributed by atoms with E-state index < -0.39 is 0 Å². The van der Waals surface area contributed by atoms with E-state index in [9.17, 15) is 4.79 Å². The van der Waals surface area contributed by atoms with Gasteiger partial charge in [0.2, 0.25) is 0 Å². The molecular formula is C18H19N3O2S. The Hall–Kier alpha value is -2.47. The number of benzene rings is 1. The van der Waals surface area contributed by atoms with Gasteiger partial charge in [0.15, 0.2) is 0 Å². The molecule has 2 aromatic heterocycles. The third-order valence-corrected chi connectivity index (χ3v) is 4.61. The van der Waals surface area contributed by atoms with Gasteiger partial charge in [-0.05, 0) is 39.0 Å². The van der Waals surface area contributed by atoms with Crippen molar-refractivity contribution in [2.75, 3.05) is 7.11 Å². The van der Waals surface area contributed by atoms with E-state index in [0.29, 0.717) is 5.56 Å². The summed E-state index contributed by atoms with van der Waals surface area (Å²) in [5, 5.41) is 6.79. The van der Waals surface area contributed by atoms with Crippen molar-refractivity contribution in [3.63, 3.8) is 0 Å². The standard InChI is InChI=1S/C18H19N3O2S/c1-10-7-15(14-6-5-13(23-4)8-16(14)19-10)18(22)20-11(2)17-9-24-12(3)21-17/h5-9,11H,1-4H3,(H,20,22)/t11-/m0/s1. The molecule has 0 fully saturated rings. The normalized spacial score (nSPS) is 12.2. The molecule has 1 atom stereocenters. The van der Waals surface area contributed by atoms with Gasteiger partial charge < -0.3 is 10.1 Å². The molecule has 0 radical (unpaired) electrons. The Balaban J connectivity index is 1.94. The van der Waals surface area contributed by atoms with Gasteiger partial charge in [0.05, 0.1) is 34.9 Å². The summed E-state index contributed by atoms with van der Waals surface area (Å²) in [5.74, 6) is 0.590. The van der Waals surface area contributed by atoms with Crippen molar-refractivity contribution < 1.29 is 9.53 Å². The SMILES string of the molecule is COc1ccc2c(C(=O)N[C@@H](C)c3csc(C)n3)cc(C)nc2c1. The van der Waals surface area contributed by atoms with Gasteiger partial charge in [0, 0.05) is 22.5 Å². The zero-order chi connectivity index (χ0) is 17.3. The van der Waals surface area contributed by atoms with Crippen LogP contribution in [0.4, 0.5) is 0 Å². The fourth-order valence-corrected chi connectivity index (χ4v) is 3.29. The fourth-order valence-electron chi connectivity index (χ4n) is 2.58. The zero-order valence-corrected chi connectivity index (χ0v) is 14.9. The van der Waals surface area contributed by atoms with Crippen molar-refractivity contribution in [1.82, 2.24) is 15.3 Å². The number of ether oxygens (including phenoxy) is 1. The van der Waals surface area contributed by atoms with Crippen molar-refractivity contribution in [2.45, 2.75) is 26.8 Å². The molecule has 3 aromatic rings. The molecule has 0 saturated carbocycles. The predicted molar refractivity (Wildman–Crippen MR) is 95.8 cm³/mol. The van der Waals surface area contributed by atoms with Crippen LogP contribution in [-0.4, -0.2) is 23.0 Å². The second kappa shape index (κ2) is 6.57. The monoisotopic (exact) mass is 341 g/mol. The van der Waals surface area contributed by atoms with Gasteiger partial charge in [0.25, 0.3) is 5.91 Å². The molecule has 6 heteroatoms. The quantitative estimate of drug-likeness (QED) is 0.784. The highest BCUT2D eigenvalue weighted by atomic mass is 32.1. The van der Waals surface area contributed by atoms with Crippen molar-refractivity contribution in [1.29, 1.82) is 0 Å². The number of rotatable bonds is 4. The van der Waals surface area contributed by atoms with Gasteiger partial charge in [-0.25, -0.2) is 4.98 Å². The minimum Gasteiger partial charge on any atom is -0.497 e. The lowest BCUT2D eigenvalue weighted by atomic mass is 10.1. The Morgan fingerprint density at radius 2 is 2.04 bits per heavy atom. The summed E-state index contributed by atoms with van der Waals surface area (Å²) < 4.78 is 5.24. The Kier molecular flexibility index (Phi) is 4.49. The maximum absolute atomic E-state index is 12.8. The molecule has 0 spiro atoms. The number of nitrogens with zero attached hydrogens (tertiary/aromatic N) is 2. The van der Waals surface area contributed by atoms with Crippen molar-refractivity contribution in [3.8, 4) is 5.75 Å².